The number of aromatic nitrogens is 5. The summed E-state index contributed by atoms with van der Waals surface area (Å²) in [4.78, 5) is 16.4. The van der Waals surface area contributed by atoms with E-state index in [0.717, 1.165) is 5.69 Å². The number of para-hydroxylation sites is 1. The van der Waals surface area contributed by atoms with Crippen molar-refractivity contribution in [3.8, 4) is 23.0 Å². The Morgan fingerprint density at radius 2 is 2.04 bits per heavy atom. The molecule has 4 rings (SSSR count). The van der Waals surface area contributed by atoms with Gasteiger partial charge in [0.15, 0.2) is 5.69 Å². The molecule has 0 radical (unpaired) electrons. The van der Waals surface area contributed by atoms with Crippen LogP contribution in [0.15, 0.2) is 59.3 Å². The molecule has 2 aromatic carbocycles. The van der Waals surface area contributed by atoms with E-state index in [9.17, 15) is 4.79 Å². The zero-order valence-corrected chi connectivity index (χ0v) is 15.3. The normalized spacial score (nSPS) is 10.6. The fourth-order valence-corrected chi connectivity index (χ4v) is 2.68. The van der Waals surface area contributed by atoms with Gasteiger partial charge in [-0.2, -0.15) is 4.98 Å². The van der Waals surface area contributed by atoms with Crippen LogP contribution >= 0.6 is 11.6 Å². The van der Waals surface area contributed by atoms with Crippen molar-refractivity contribution in [2.45, 2.75) is 0 Å². The van der Waals surface area contributed by atoms with Crippen LogP contribution in [0.25, 0.3) is 17.2 Å². The average Bonchev–Trinajstić information content (AvgIpc) is 3.38. The SMILES string of the molecule is COc1ccc(NC(=O)c2nc(-c3cn(-c4ccccc4)nn3)no2)cc1Cl. The number of nitrogens with one attached hydrogen (secondary N) is 1. The topological polar surface area (TPSA) is 108 Å². The maximum absolute atomic E-state index is 12.3. The van der Waals surface area contributed by atoms with Crippen molar-refractivity contribution in [1.29, 1.82) is 0 Å². The highest BCUT2D eigenvalue weighted by Crippen LogP contribution is 2.27. The van der Waals surface area contributed by atoms with Gasteiger partial charge in [-0.3, -0.25) is 4.79 Å². The fourth-order valence-electron chi connectivity index (χ4n) is 2.42. The van der Waals surface area contributed by atoms with E-state index in [4.69, 9.17) is 20.9 Å². The molecule has 0 unspecified atom stereocenters. The van der Waals surface area contributed by atoms with Crippen LogP contribution in [0.2, 0.25) is 5.02 Å². The van der Waals surface area contributed by atoms with Gasteiger partial charge in [0.05, 0.1) is 24.0 Å². The van der Waals surface area contributed by atoms with Crippen LogP contribution in [0.5, 0.6) is 5.75 Å². The van der Waals surface area contributed by atoms with Gasteiger partial charge in [0.1, 0.15) is 5.75 Å². The van der Waals surface area contributed by atoms with Gasteiger partial charge in [-0.15, -0.1) is 5.10 Å². The molecule has 2 aromatic heterocycles. The van der Waals surface area contributed by atoms with E-state index in [1.165, 1.54) is 7.11 Å². The molecule has 4 aromatic rings. The molecule has 0 saturated carbocycles. The van der Waals surface area contributed by atoms with Gasteiger partial charge in [-0.1, -0.05) is 40.2 Å². The number of halogens is 1. The van der Waals surface area contributed by atoms with Gasteiger partial charge >= 0.3 is 11.8 Å². The maximum atomic E-state index is 12.3. The maximum Gasteiger partial charge on any atom is 0.316 e. The van der Waals surface area contributed by atoms with Crippen LogP contribution < -0.4 is 10.1 Å². The van der Waals surface area contributed by atoms with E-state index in [2.05, 4.69) is 25.8 Å². The fraction of sp³-hybridized carbons (Fsp3) is 0.0556. The molecule has 0 spiro atoms. The van der Waals surface area contributed by atoms with E-state index in [1.54, 1.807) is 29.1 Å². The van der Waals surface area contributed by atoms with Crippen LogP contribution in [0.3, 0.4) is 0 Å². The summed E-state index contributed by atoms with van der Waals surface area (Å²) >= 11 is 6.05. The molecule has 0 aliphatic rings. The van der Waals surface area contributed by atoms with Crippen LogP contribution in [0.4, 0.5) is 5.69 Å². The third-order valence-corrected chi connectivity index (χ3v) is 4.07. The predicted molar refractivity (Wildman–Crippen MR) is 101 cm³/mol. The number of amides is 1. The summed E-state index contributed by atoms with van der Waals surface area (Å²) < 4.78 is 11.7. The smallest absolute Gasteiger partial charge is 0.316 e. The van der Waals surface area contributed by atoms with Crippen LogP contribution in [0.1, 0.15) is 10.7 Å². The Balaban J connectivity index is 1.50. The molecule has 0 aliphatic carbocycles. The third kappa shape index (κ3) is 3.55. The van der Waals surface area contributed by atoms with Crippen molar-refractivity contribution in [2.24, 2.45) is 0 Å². The summed E-state index contributed by atoms with van der Waals surface area (Å²) in [7, 11) is 1.51. The number of carbonyl (C=O) groups excluding carboxylic acids is 1. The lowest BCUT2D eigenvalue weighted by Gasteiger charge is -2.06. The minimum atomic E-state index is -0.574. The summed E-state index contributed by atoms with van der Waals surface area (Å²) in [5.41, 5.74) is 1.67. The van der Waals surface area contributed by atoms with Crippen molar-refractivity contribution in [3.05, 3.63) is 65.6 Å². The molecule has 2 heterocycles. The molecule has 0 bridgehead atoms. The van der Waals surface area contributed by atoms with Gasteiger partial charge in [0.25, 0.3) is 0 Å². The third-order valence-electron chi connectivity index (χ3n) is 3.77. The number of carbonyl (C=O) groups is 1. The second-order valence-corrected chi connectivity index (χ2v) is 6.02. The molecule has 1 N–H and O–H groups in total. The van der Waals surface area contributed by atoms with Crippen LogP contribution in [0, 0.1) is 0 Å². The Labute approximate surface area is 163 Å². The number of benzene rings is 2. The number of anilines is 1. The number of nitrogens with zero attached hydrogens (tertiary/aromatic N) is 5. The molecule has 9 nitrogen and oxygen atoms in total. The zero-order chi connectivity index (χ0) is 19.5. The Bertz CT molecular complexity index is 1130. The van der Waals surface area contributed by atoms with Crippen molar-refractivity contribution in [1.82, 2.24) is 25.1 Å². The number of rotatable bonds is 5. The minimum absolute atomic E-state index is 0.153. The van der Waals surface area contributed by atoms with Gasteiger partial charge in [-0.25, -0.2) is 4.68 Å². The van der Waals surface area contributed by atoms with E-state index in [0.29, 0.717) is 22.2 Å². The van der Waals surface area contributed by atoms with Gasteiger partial charge in [0.2, 0.25) is 5.82 Å². The van der Waals surface area contributed by atoms with Gasteiger partial charge in [-0.05, 0) is 30.3 Å². The van der Waals surface area contributed by atoms with Crippen LogP contribution in [-0.4, -0.2) is 38.2 Å². The van der Waals surface area contributed by atoms with E-state index in [1.807, 2.05) is 30.3 Å². The second kappa shape index (κ2) is 7.49. The molecule has 10 heteroatoms. The standard InChI is InChI=1S/C18H13ClN6O3/c1-27-15-8-7-11(9-13(15)19)20-17(26)18-21-16(23-28-18)14-10-25(24-22-14)12-5-3-2-4-6-12/h2-10H,1H3,(H,20,26). The highest BCUT2D eigenvalue weighted by atomic mass is 35.5. The molecule has 28 heavy (non-hydrogen) atoms. The summed E-state index contributed by atoms with van der Waals surface area (Å²) in [5, 5.41) is 14.8. The molecular formula is C18H13ClN6O3. The number of hydrogen-bond donors (Lipinski definition) is 1. The highest BCUT2D eigenvalue weighted by molar-refractivity contribution is 6.32. The quantitative estimate of drug-likeness (QED) is 0.551. The Morgan fingerprint density at radius 3 is 2.79 bits per heavy atom. The lowest BCUT2D eigenvalue weighted by Crippen LogP contribution is -2.12. The van der Waals surface area contributed by atoms with E-state index < -0.39 is 5.91 Å². The summed E-state index contributed by atoms with van der Waals surface area (Å²) in [6.07, 6.45) is 1.64. The van der Waals surface area contributed by atoms with E-state index >= 15 is 0 Å². The van der Waals surface area contributed by atoms with Crippen molar-refractivity contribution < 1.29 is 14.1 Å². The second-order valence-electron chi connectivity index (χ2n) is 5.61. The molecular weight excluding hydrogens is 384 g/mol. The molecule has 140 valence electrons. The summed E-state index contributed by atoms with van der Waals surface area (Å²) in [6, 6.07) is 14.3. The highest BCUT2D eigenvalue weighted by Gasteiger charge is 2.19. The summed E-state index contributed by atoms with van der Waals surface area (Å²) in [6.45, 7) is 0. The number of ether oxygens (including phenoxy) is 1. The molecule has 0 atom stereocenters. The lowest BCUT2D eigenvalue weighted by atomic mass is 10.3. The van der Waals surface area contributed by atoms with E-state index in [-0.39, 0.29) is 11.7 Å². The first-order valence-electron chi connectivity index (χ1n) is 8.11. The number of methoxy groups -OCH3 is 1. The monoisotopic (exact) mass is 396 g/mol. The van der Waals surface area contributed by atoms with Crippen molar-refractivity contribution in [3.63, 3.8) is 0 Å². The Kier molecular flexibility index (Phi) is 4.73. The largest absolute Gasteiger partial charge is 0.495 e. The molecule has 0 fully saturated rings. The van der Waals surface area contributed by atoms with Gasteiger partial charge in [0, 0.05) is 5.69 Å². The molecule has 0 aliphatic heterocycles. The van der Waals surface area contributed by atoms with Crippen molar-refractivity contribution >= 4 is 23.2 Å². The van der Waals surface area contributed by atoms with Gasteiger partial charge < -0.3 is 14.6 Å². The zero-order valence-electron chi connectivity index (χ0n) is 14.5. The van der Waals surface area contributed by atoms with Crippen LogP contribution in [-0.2, 0) is 0 Å². The summed E-state index contributed by atoms with van der Waals surface area (Å²) in [5.74, 6) is -0.132. The lowest BCUT2D eigenvalue weighted by molar-refractivity contribution is 0.0981. The van der Waals surface area contributed by atoms with Crippen molar-refractivity contribution in [2.75, 3.05) is 12.4 Å². The molecule has 1 amide bonds. The number of hydrogen-bond acceptors (Lipinski definition) is 7. The first kappa shape index (κ1) is 17.7. The first-order valence-corrected chi connectivity index (χ1v) is 8.48. The Hall–Kier alpha value is -3.72. The minimum Gasteiger partial charge on any atom is -0.495 e. The first-order chi connectivity index (χ1) is 13.6. The predicted octanol–water partition coefficient (Wildman–Crippen LogP) is 3.23. The molecule has 0 saturated heterocycles. The average molecular weight is 397 g/mol. The Morgan fingerprint density at radius 1 is 1.21 bits per heavy atom.